The van der Waals surface area contributed by atoms with E-state index in [2.05, 4.69) is 16.0 Å². The molecule has 1 saturated carbocycles. The van der Waals surface area contributed by atoms with Crippen molar-refractivity contribution in [3.63, 3.8) is 0 Å². The number of rotatable bonds is 2. The van der Waals surface area contributed by atoms with Crippen molar-refractivity contribution in [1.29, 1.82) is 0 Å². The normalized spacial score (nSPS) is 42.3. The van der Waals surface area contributed by atoms with Gasteiger partial charge in [0.25, 0.3) is 5.24 Å². The van der Waals surface area contributed by atoms with Crippen molar-refractivity contribution in [1.82, 2.24) is 16.0 Å². The van der Waals surface area contributed by atoms with Crippen LogP contribution >= 0.6 is 11.8 Å². The van der Waals surface area contributed by atoms with Crippen LogP contribution in [0.5, 0.6) is 0 Å². The zero-order chi connectivity index (χ0) is 10.4. The molecule has 3 N–H and O–H groups in total. The molecule has 3 fully saturated rings. The van der Waals surface area contributed by atoms with E-state index in [4.69, 9.17) is 0 Å². The molecule has 5 nitrogen and oxygen atoms in total. The second kappa shape index (κ2) is 3.38. The SMILES string of the molecule is O=C1NC(C(=O)NC2C3CNCC32)CS1. The summed E-state index contributed by atoms with van der Waals surface area (Å²) in [5.41, 5.74) is 0. The van der Waals surface area contributed by atoms with Gasteiger partial charge in [0.2, 0.25) is 5.91 Å². The second-order valence-corrected chi connectivity index (χ2v) is 5.31. The molecular weight excluding hydrogens is 214 g/mol. The van der Waals surface area contributed by atoms with Gasteiger partial charge in [-0.1, -0.05) is 11.8 Å². The number of piperidine rings is 1. The minimum atomic E-state index is -0.322. The number of fused-ring (bicyclic) bond motifs is 1. The summed E-state index contributed by atoms with van der Waals surface area (Å²) in [5, 5.41) is 8.85. The monoisotopic (exact) mass is 227 g/mol. The van der Waals surface area contributed by atoms with Crippen LogP contribution in [0, 0.1) is 11.8 Å². The Bertz CT molecular complexity index is 312. The van der Waals surface area contributed by atoms with Gasteiger partial charge in [0.15, 0.2) is 0 Å². The van der Waals surface area contributed by atoms with Crippen LogP contribution in [0.1, 0.15) is 0 Å². The van der Waals surface area contributed by atoms with Gasteiger partial charge in [-0.3, -0.25) is 9.59 Å². The Labute approximate surface area is 91.7 Å². The Hall–Kier alpha value is -0.750. The molecule has 3 unspecified atom stereocenters. The van der Waals surface area contributed by atoms with Gasteiger partial charge < -0.3 is 16.0 Å². The summed E-state index contributed by atoms with van der Waals surface area (Å²) in [4.78, 5) is 22.6. The fourth-order valence-electron chi connectivity index (χ4n) is 2.42. The molecule has 0 aromatic carbocycles. The summed E-state index contributed by atoms with van der Waals surface area (Å²) in [5.74, 6) is 1.79. The zero-order valence-corrected chi connectivity index (χ0v) is 8.97. The number of nitrogens with one attached hydrogen (secondary N) is 3. The smallest absolute Gasteiger partial charge is 0.279 e. The maximum Gasteiger partial charge on any atom is 0.279 e. The Morgan fingerprint density at radius 2 is 2.13 bits per heavy atom. The highest BCUT2D eigenvalue weighted by Crippen LogP contribution is 2.41. The molecule has 2 saturated heterocycles. The van der Waals surface area contributed by atoms with E-state index in [1.54, 1.807) is 0 Å². The minimum absolute atomic E-state index is 0.0206. The van der Waals surface area contributed by atoms with Crippen LogP contribution in [0.15, 0.2) is 0 Å². The summed E-state index contributed by atoms with van der Waals surface area (Å²) < 4.78 is 0. The van der Waals surface area contributed by atoms with Crippen molar-refractivity contribution in [3.05, 3.63) is 0 Å². The molecule has 2 amide bonds. The van der Waals surface area contributed by atoms with Crippen molar-refractivity contribution >= 4 is 22.9 Å². The molecule has 0 radical (unpaired) electrons. The maximum atomic E-state index is 11.7. The van der Waals surface area contributed by atoms with E-state index < -0.39 is 0 Å². The minimum Gasteiger partial charge on any atom is -0.351 e. The lowest BCUT2D eigenvalue weighted by Gasteiger charge is -2.11. The highest BCUT2D eigenvalue weighted by Gasteiger charge is 2.54. The molecule has 0 spiro atoms. The average molecular weight is 227 g/mol. The Balaban J connectivity index is 1.52. The third-order valence-corrected chi connectivity index (χ3v) is 4.27. The summed E-state index contributed by atoms with van der Waals surface area (Å²) in [6.45, 7) is 2.03. The lowest BCUT2D eigenvalue weighted by atomic mass is 10.3. The van der Waals surface area contributed by atoms with E-state index in [1.807, 2.05) is 0 Å². The molecule has 3 rings (SSSR count). The van der Waals surface area contributed by atoms with Crippen LogP contribution in [-0.4, -0.2) is 42.1 Å². The lowest BCUT2D eigenvalue weighted by Crippen LogP contribution is -2.45. The van der Waals surface area contributed by atoms with Gasteiger partial charge in [-0.05, 0) is 11.8 Å². The van der Waals surface area contributed by atoms with Gasteiger partial charge in [0, 0.05) is 24.9 Å². The molecule has 0 aromatic rings. The predicted octanol–water partition coefficient (Wildman–Crippen LogP) is -0.855. The van der Waals surface area contributed by atoms with Crippen molar-refractivity contribution in [3.8, 4) is 0 Å². The second-order valence-electron chi connectivity index (χ2n) is 4.32. The van der Waals surface area contributed by atoms with E-state index >= 15 is 0 Å². The maximum absolute atomic E-state index is 11.7. The third-order valence-electron chi connectivity index (χ3n) is 3.39. The summed E-state index contributed by atoms with van der Waals surface area (Å²) in [7, 11) is 0. The first-order valence-corrected chi connectivity index (χ1v) is 6.18. The Kier molecular flexibility index (Phi) is 2.14. The molecule has 6 heteroatoms. The molecule has 0 aromatic heterocycles. The fourth-order valence-corrected chi connectivity index (χ4v) is 3.20. The van der Waals surface area contributed by atoms with E-state index in [9.17, 15) is 9.59 Å². The molecule has 2 heterocycles. The predicted molar refractivity (Wildman–Crippen MR) is 56.6 cm³/mol. The highest BCUT2D eigenvalue weighted by molar-refractivity contribution is 8.14. The molecular formula is C9H13N3O2S. The van der Waals surface area contributed by atoms with Gasteiger partial charge in [0.1, 0.15) is 6.04 Å². The first kappa shape index (κ1) is 9.47. The largest absolute Gasteiger partial charge is 0.351 e. The van der Waals surface area contributed by atoms with E-state index in [0.717, 1.165) is 13.1 Å². The van der Waals surface area contributed by atoms with Crippen LogP contribution < -0.4 is 16.0 Å². The molecule has 15 heavy (non-hydrogen) atoms. The van der Waals surface area contributed by atoms with Gasteiger partial charge in [-0.25, -0.2) is 0 Å². The van der Waals surface area contributed by atoms with E-state index in [1.165, 1.54) is 11.8 Å². The van der Waals surface area contributed by atoms with Crippen molar-refractivity contribution in [2.24, 2.45) is 11.8 Å². The first-order valence-electron chi connectivity index (χ1n) is 5.20. The summed E-state index contributed by atoms with van der Waals surface area (Å²) in [6, 6.07) is 0.0260. The summed E-state index contributed by atoms with van der Waals surface area (Å²) in [6.07, 6.45) is 0. The van der Waals surface area contributed by atoms with Crippen molar-refractivity contribution in [2.75, 3.05) is 18.8 Å². The van der Waals surface area contributed by atoms with Crippen LogP contribution in [0.2, 0.25) is 0 Å². The van der Waals surface area contributed by atoms with Gasteiger partial charge in [-0.2, -0.15) is 0 Å². The molecule has 2 aliphatic heterocycles. The molecule has 3 aliphatic rings. The van der Waals surface area contributed by atoms with Crippen LogP contribution in [0.25, 0.3) is 0 Å². The van der Waals surface area contributed by atoms with Crippen molar-refractivity contribution < 1.29 is 9.59 Å². The Morgan fingerprint density at radius 3 is 2.73 bits per heavy atom. The number of amides is 2. The first-order chi connectivity index (χ1) is 7.25. The molecule has 3 atom stereocenters. The molecule has 1 aliphatic carbocycles. The quantitative estimate of drug-likeness (QED) is 0.574. The van der Waals surface area contributed by atoms with Gasteiger partial charge in [0.05, 0.1) is 0 Å². The number of hydrogen-bond acceptors (Lipinski definition) is 4. The van der Waals surface area contributed by atoms with Crippen LogP contribution in [-0.2, 0) is 4.79 Å². The Morgan fingerprint density at radius 1 is 1.40 bits per heavy atom. The molecule has 82 valence electrons. The zero-order valence-electron chi connectivity index (χ0n) is 8.16. The van der Waals surface area contributed by atoms with Gasteiger partial charge in [-0.15, -0.1) is 0 Å². The fraction of sp³-hybridized carbons (Fsp3) is 0.778. The number of carbonyl (C=O) groups excluding carboxylic acids is 2. The van der Waals surface area contributed by atoms with Crippen LogP contribution in [0.3, 0.4) is 0 Å². The highest BCUT2D eigenvalue weighted by atomic mass is 32.2. The molecule has 0 bridgehead atoms. The van der Waals surface area contributed by atoms with E-state index in [0.29, 0.717) is 23.6 Å². The lowest BCUT2D eigenvalue weighted by molar-refractivity contribution is -0.122. The number of carbonyl (C=O) groups is 2. The number of hydrogen-bond donors (Lipinski definition) is 3. The number of thioether (sulfide) groups is 1. The van der Waals surface area contributed by atoms with E-state index in [-0.39, 0.29) is 17.2 Å². The third kappa shape index (κ3) is 1.61. The van der Waals surface area contributed by atoms with Crippen molar-refractivity contribution in [2.45, 2.75) is 12.1 Å². The van der Waals surface area contributed by atoms with Gasteiger partial charge >= 0.3 is 0 Å². The summed E-state index contributed by atoms with van der Waals surface area (Å²) >= 11 is 1.18. The standard InChI is InChI=1S/C9H13N3O2S/c13-8(6-3-15-9(14)11-6)12-7-4-1-10-2-5(4)7/h4-7,10H,1-3H2,(H,11,14)(H,12,13). The average Bonchev–Trinajstić information content (AvgIpc) is 2.66. The van der Waals surface area contributed by atoms with Crippen LogP contribution in [0.4, 0.5) is 4.79 Å². The topological polar surface area (TPSA) is 70.2 Å².